The highest BCUT2D eigenvalue weighted by molar-refractivity contribution is 5.81. The Hall–Kier alpha value is -0.820. The quantitative estimate of drug-likeness (QED) is 0.531. The topological polar surface area (TPSA) is 69.6 Å². The van der Waals surface area contributed by atoms with E-state index in [2.05, 4.69) is 0 Å². The van der Waals surface area contributed by atoms with E-state index in [1.807, 2.05) is 0 Å². The molecule has 7 heteroatoms. The Kier molecular flexibility index (Phi) is 3.98. The van der Waals surface area contributed by atoms with Crippen molar-refractivity contribution in [3.8, 4) is 0 Å². The maximum Gasteiger partial charge on any atom is 0.471 e. The fourth-order valence-corrected chi connectivity index (χ4v) is 0.375. The summed E-state index contributed by atoms with van der Waals surface area (Å²) in [7, 11) is 0. The number of aliphatic hydroxyl groups is 2. The van der Waals surface area contributed by atoms with Crippen LogP contribution < -0.4 is 5.32 Å². The van der Waals surface area contributed by atoms with Gasteiger partial charge < -0.3 is 15.5 Å². The molecule has 1 amide bonds. The first-order valence-electron chi connectivity index (χ1n) is 3.02. The van der Waals surface area contributed by atoms with E-state index in [0.717, 1.165) is 0 Å². The van der Waals surface area contributed by atoms with E-state index >= 15 is 0 Å². The summed E-state index contributed by atoms with van der Waals surface area (Å²) >= 11 is 0. The van der Waals surface area contributed by atoms with Gasteiger partial charge in [0.2, 0.25) is 0 Å². The van der Waals surface area contributed by atoms with Gasteiger partial charge in [-0.05, 0) is 0 Å². The second kappa shape index (κ2) is 4.27. The van der Waals surface area contributed by atoms with Gasteiger partial charge in [0.05, 0.1) is 12.7 Å². The average molecular weight is 187 g/mol. The second-order valence-electron chi connectivity index (χ2n) is 2.04. The van der Waals surface area contributed by atoms with Gasteiger partial charge in [0.15, 0.2) is 0 Å². The molecule has 0 aromatic carbocycles. The van der Waals surface area contributed by atoms with Crippen LogP contribution in [0.4, 0.5) is 13.2 Å². The van der Waals surface area contributed by atoms with Crippen molar-refractivity contribution in [1.82, 2.24) is 5.32 Å². The highest BCUT2D eigenvalue weighted by atomic mass is 19.4. The number of halogens is 3. The molecule has 3 N–H and O–H groups in total. The van der Waals surface area contributed by atoms with E-state index in [1.54, 1.807) is 0 Å². The lowest BCUT2D eigenvalue weighted by molar-refractivity contribution is -0.174. The normalized spacial score (nSPS) is 14.1. The van der Waals surface area contributed by atoms with E-state index in [1.165, 1.54) is 5.32 Å². The van der Waals surface area contributed by atoms with Crippen LogP contribution in [-0.4, -0.2) is 41.6 Å². The molecule has 0 saturated heterocycles. The summed E-state index contributed by atoms with van der Waals surface area (Å²) in [5, 5.41) is 18.1. The van der Waals surface area contributed by atoms with Crippen LogP contribution in [0.15, 0.2) is 0 Å². The van der Waals surface area contributed by atoms with Gasteiger partial charge in [0, 0.05) is 6.54 Å². The number of alkyl halides is 3. The molecule has 72 valence electrons. The molecule has 0 radical (unpaired) electrons. The van der Waals surface area contributed by atoms with Crippen molar-refractivity contribution in [2.75, 3.05) is 13.2 Å². The number of hydrogen-bond donors (Lipinski definition) is 3. The Morgan fingerprint density at radius 2 is 2.00 bits per heavy atom. The first-order chi connectivity index (χ1) is 5.38. The molecule has 0 unspecified atom stereocenters. The number of aliphatic hydroxyl groups excluding tert-OH is 2. The summed E-state index contributed by atoms with van der Waals surface area (Å²) in [6.07, 6.45) is -6.31. The molecule has 0 aliphatic rings. The number of rotatable bonds is 3. The molecule has 0 aromatic heterocycles. The number of hydrogen-bond acceptors (Lipinski definition) is 3. The van der Waals surface area contributed by atoms with Gasteiger partial charge in [-0.25, -0.2) is 0 Å². The maximum absolute atomic E-state index is 11.4. The zero-order chi connectivity index (χ0) is 9.78. The monoisotopic (exact) mass is 187 g/mol. The molecule has 0 rings (SSSR count). The molecule has 0 aromatic rings. The van der Waals surface area contributed by atoms with Crippen molar-refractivity contribution in [1.29, 1.82) is 0 Å². The molecular weight excluding hydrogens is 179 g/mol. The molecular formula is C5H8F3NO3. The van der Waals surface area contributed by atoms with Crippen LogP contribution in [0.5, 0.6) is 0 Å². The van der Waals surface area contributed by atoms with Crippen LogP contribution in [0.3, 0.4) is 0 Å². The van der Waals surface area contributed by atoms with E-state index in [4.69, 9.17) is 10.2 Å². The molecule has 0 aliphatic heterocycles. The van der Waals surface area contributed by atoms with Gasteiger partial charge in [0.1, 0.15) is 0 Å². The van der Waals surface area contributed by atoms with Gasteiger partial charge in [-0.15, -0.1) is 0 Å². The van der Waals surface area contributed by atoms with Crippen LogP contribution in [-0.2, 0) is 4.79 Å². The smallest absolute Gasteiger partial charge is 0.394 e. The number of amides is 1. The number of carbonyl (C=O) groups excluding carboxylic acids is 1. The molecule has 0 aliphatic carbocycles. The van der Waals surface area contributed by atoms with Gasteiger partial charge in [-0.1, -0.05) is 0 Å². The Bertz CT molecular complexity index is 159. The average Bonchev–Trinajstić information content (AvgIpc) is 1.97. The molecule has 1 atom stereocenters. The Morgan fingerprint density at radius 1 is 1.50 bits per heavy atom. The molecule has 0 bridgehead atoms. The summed E-state index contributed by atoms with van der Waals surface area (Å²) < 4.78 is 34.3. The maximum atomic E-state index is 11.4. The largest absolute Gasteiger partial charge is 0.471 e. The minimum absolute atomic E-state index is 0.616. The lowest BCUT2D eigenvalue weighted by Gasteiger charge is -2.10. The van der Waals surface area contributed by atoms with E-state index in [9.17, 15) is 18.0 Å². The summed E-state index contributed by atoms with van der Waals surface area (Å²) in [5.41, 5.74) is 0. The molecule has 0 spiro atoms. The third-order valence-corrected chi connectivity index (χ3v) is 0.966. The molecule has 12 heavy (non-hydrogen) atoms. The predicted molar refractivity (Wildman–Crippen MR) is 32.2 cm³/mol. The predicted octanol–water partition coefficient (Wildman–Crippen LogP) is -0.982. The molecule has 4 nitrogen and oxygen atoms in total. The summed E-state index contributed by atoms with van der Waals surface area (Å²) in [6, 6.07) is 0. The summed E-state index contributed by atoms with van der Waals surface area (Å²) in [6.45, 7) is -1.31. The van der Waals surface area contributed by atoms with Crippen molar-refractivity contribution in [2.45, 2.75) is 12.3 Å². The van der Waals surface area contributed by atoms with Crippen molar-refractivity contribution >= 4 is 5.91 Å². The Labute approximate surface area is 66.0 Å². The molecule has 0 fully saturated rings. The third-order valence-electron chi connectivity index (χ3n) is 0.966. The molecule has 0 heterocycles. The first-order valence-corrected chi connectivity index (χ1v) is 3.02. The van der Waals surface area contributed by atoms with Gasteiger partial charge >= 0.3 is 12.1 Å². The fraction of sp³-hybridized carbons (Fsp3) is 0.800. The number of carbonyl (C=O) groups is 1. The first kappa shape index (κ1) is 11.2. The lowest BCUT2D eigenvalue weighted by atomic mass is 10.4. The van der Waals surface area contributed by atoms with Crippen LogP contribution in [0.1, 0.15) is 0 Å². The number of nitrogens with one attached hydrogen (secondary N) is 1. The highest BCUT2D eigenvalue weighted by Gasteiger charge is 2.38. The van der Waals surface area contributed by atoms with Crippen molar-refractivity contribution in [3.63, 3.8) is 0 Å². The third kappa shape index (κ3) is 4.14. The SMILES string of the molecule is O=C(NC[C@@H](O)CO)C(F)(F)F. The van der Waals surface area contributed by atoms with Crippen molar-refractivity contribution in [2.24, 2.45) is 0 Å². The Balaban J connectivity index is 3.73. The highest BCUT2D eigenvalue weighted by Crippen LogP contribution is 2.13. The van der Waals surface area contributed by atoms with Gasteiger partial charge in [-0.2, -0.15) is 13.2 Å². The zero-order valence-electron chi connectivity index (χ0n) is 5.93. The minimum atomic E-state index is -4.95. The molecule has 0 saturated carbocycles. The van der Waals surface area contributed by atoms with Crippen LogP contribution >= 0.6 is 0 Å². The van der Waals surface area contributed by atoms with Gasteiger partial charge in [0.25, 0.3) is 0 Å². The van der Waals surface area contributed by atoms with Crippen LogP contribution in [0, 0.1) is 0 Å². The van der Waals surface area contributed by atoms with Crippen LogP contribution in [0.2, 0.25) is 0 Å². The van der Waals surface area contributed by atoms with Crippen LogP contribution in [0.25, 0.3) is 0 Å². The second-order valence-corrected chi connectivity index (χ2v) is 2.04. The van der Waals surface area contributed by atoms with Crippen molar-refractivity contribution in [3.05, 3.63) is 0 Å². The fourth-order valence-electron chi connectivity index (χ4n) is 0.375. The van der Waals surface area contributed by atoms with E-state index in [0.29, 0.717) is 0 Å². The van der Waals surface area contributed by atoms with E-state index < -0.39 is 31.3 Å². The zero-order valence-corrected chi connectivity index (χ0v) is 5.93. The summed E-state index contributed by atoms with van der Waals surface area (Å²) in [5.74, 6) is -2.13. The van der Waals surface area contributed by atoms with E-state index in [-0.39, 0.29) is 0 Å². The van der Waals surface area contributed by atoms with Crippen molar-refractivity contribution < 1.29 is 28.2 Å². The van der Waals surface area contributed by atoms with Gasteiger partial charge in [-0.3, -0.25) is 4.79 Å². The Morgan fingerprint density at radius 3 is 2.33 bits per heavy atom. The lowest BCUT2D eigenvalue weighted by Crippen LogP contribution is -2.41. The standard InChI is InChI=1S/C5H8F3NO3/c6-5(7,8)4(12)9-1-3(11)2-10/h3,10-11H,1-2H2,(H,9,12)/t3-/m1/s1. The minimum Gasteiger partial charge on any atom is -0.394 e. The summed E-state index contributed by atoms with van der Waals surface area (Å²) in [4.78, 5) is 10.1.